The summed E-state index contributed by atoms with van der Waals surface area (Å²) in [6.07, 6.45) is 1.97. The number of unbranched alkanes of at least 4 members (excludes halogenated alkanes) is 1. The highest BCUT2D eigenvalue weighted by Crippen LogP contribution is 2.29. The standard InChI is InChI=1S/C18H29F2N3O3.HI/c1-4-24-11-7-6-10-22-18(21-3)23-13-14-8-9-15(26-17(19)20)16(12-14)25-5-2;/h8-9,12,17H,4-7,10-11,13H2,1-3H3,(H2,21,22,23);1H. The third-order valence-electron chi connectivity index (χ3n) is 3.42. The van der Waals surface area contributed by atoms with Crippen LogP contribution in [0.1, 0.15) is 32.3 Å². The number of ether oxygens (including phenoxy) is 3. The Morgan fingerprint density at radius 2 is 1.89 bits per heavy atom. The molecule has 0 aliphatic heterocycles. The van der Waals surface area contributed by atoms with Crippen molar-refractivity contribution in [2.24, 2.45) is 4.99 Å². The first kappa shape index (κ1) is 25.6. The molecule has 6 nitrogen and oxygen atoms in total. The molecule has 0 aromatic heterocycles. The molecule has 0 fully saturated rings. The molecular weight excluding hydrogens is 471 g/mol. The third kappa shape index (κ3) is 11.2. The minimum absolute atomic E-state index is 0. The maximum atomic E-state index is 12.4. The zero-order valence-electron chi connectivity index (χ0n) is 16.1. The van der Waals surface area contributed by atoms with Crippen molar-refractivity contribution in [3.8, 4) is 11.5 Å². The fraction of sp³-hybridized carbons (Fsp3) is 0.611. The average Bonchev–Trinajstić information content (AvgIpc) is 2.62. The molecule has 27 heavy (non-hydrogen) atoms. The molecule has 9 heteroatoms. The number of guanidine groups is 1. The fourth-order valence-electron chi connectivity index (χ4n) is 2.21. The molecule has 0 saturated carbocycles. The number of hydrogen-bond acceptors (Lipinski definition) is 4. The molecule has 0 aliphatic carbocycles. The van der Waals surface area contributed by atoms with Crippen molar-refractivity contribution in [2.75, 3.05) is 33.4 Å². The predicted molar refractivity (Wildman–Crippen MR) is 114 cm³/mol. The van der Waals surface area contributed by atoms with Gasteiger partial charge in [0.1, 0.15) is 0 Å². The van der Waals surface area contributed by atoms with E-state index < -0.39 is 6.61 Å². The van der Waals surface area contributed by atoms with E-state index in [9.17, 15) is 8.78 Å². The lowest BCUT2D eigenvalue weighted by molar-refractivity contribution is -0.0514. The Hall–Kier alpha value is -1.36. The summed E-state index contributed by atoms with van der Waals surface area (Å²) >= 11 is 0. The van der Waals surface area contributed by atoms with Gasteiger partial charge < -0.3 is 24.8 Å². The normalized spacial score (nSPS) is 11.1. The van der Waals surface area contributed by atoms with Crippen LogP contribution >= 0.6 is 24.0 Å². The van der Waals surface area contributed by atoms with E-state index in [4.69, 9.17) is 9.47 Å². The van der Waals surface area contributed by atoms with Gasteiger partial charge in [0, 0.05) is 33.4 Å². The fourth-order valence-corrected chi connectivity index (χ4v) is 2.21. The second-order valence-electron chi connectivity index (χ2n) is 5.35. The van der Waals surface area contributed by atoms with Crippen molar-refractivity contribution in [1.82, 2.24) is 10.6 Å². The van der Waals surface area contributed by atoms with Gasteiger partial charge in [-0.3, -0.25) is 4.99 Å². The third-order valence-corrected chi connectivity index (χ3v) is 3.42. The Labute approximate surface area is 177 Å². The van der Waals surface area contributed by atoms with Crippen LogP contribution in [-0.4, -0.2) is 46.0 Å². The number of hydrogen-bond donors (Lipinski definition) is 2. The van der Waals surface area contributed by atoms with Crippen LogP contribution in [0.15, 0.2) is 23.2 Å². The lowest BCUT2D eigenvalue weighted by Crippen LogP contribution is -2.37. The molecule has 1 rings (SSSR count). The van der Waals surface area contributed by atoms with Crippen LogP contribution in [-0.2, 0) is 11.3 Å². The maximum Gasteiger partial charge on any atom is 0.387 e. The SMILES string of the molecule is CCOCCCCNC(=NC)NCc1ccc(OC(F)F)c(OCC)c1.I. The Morgan fingerprint density at radius 1 is 1.11 bits per heavy atom. The van der Waals surface area contributed by atoms with Gasteiger partial charge in [0.15, 0.2) is 17.5 Å². The number of benzene rings is 1. The van der Waals surface area contributed by atoms with Crippen molar-refractivity contribution in [3.05, 3.63) is 23.8 Å². The monoisotopic (exact) mass is 501 g/mol. The Balaban J connectivity index is 0.00000676. The molecule has 156 valence electrons. The molecule has 0 saturated heterocycles. The van der Waals surface area contributed by atoms with E-state index in [1.807, 2.05) is 6.92 Å². The summed E-state index contributed by atoms with van der Waals surface area (Å²) < 4.78 is 40.0. The van der Waals surface area contributed by atoms with Gasteiger partial charge in [0.05, 0.1) is 6.61 Å². The molecule has 0 bridgehead atoms. The summed E-state index contributed by atoms with van der Waals surface area (Å²) in [6, 6.07) is 4.88. The zero-order valence-corrected chi connectivity index (χ0v) is 18.4. The van der Waals surface area contributed by atoms with Crippen LogP contribution in [0, 0.1) is 0 Å². The van der Waals surface area contributed by atoms with E-state index in [0.717, 1.165) is 38.2 Å². The summed E-state index contributed by atoms with van der Waals surface area (Å²) in [7, 11) is 1.70. The highest BCUT2D eigenvalue weighted by Gasteiger charge is 2.11. The Kier molecular flexibility index (Phi) is 14.9. The maximum absolute atomic E-state index is 12.4. The first-order valence-corrected chi connectivity index (χ1v) is 8.83. The minimum Gasteiger partial charge on any atom is -0.490 e. The first-order chi connectivity index (χ1) is 12.6. The molecular formula is C18H30F2IN3O3. The molecule has 0 aliphatic rings. The lowest BCUT2D eigenvalue weighted by Gasteiger charge is -2.15. The van der Waals surface area contributed by atoms with E-state index in [2.05, 4.69) is 20.4 Å². The van der Waals surface area contributed by atoms with Gasteiger partial charge in [0.25, 0.3) is 0 Å². The summed E-state index contributed by atoms with van der Waals surface area (Å²) in [6.45, 7) is 4.01. The van der Waals surface area contributed by atoms with Crippen molar-refractivity contribution >= 4 is 29.9 Å². The summed E-state index contributed by atoms with van der Waals surface area (Å²) in [4.78, 5) is 4.16. The molecule has 0 unspecified atom stereocenters. The first-order valence-electron chi connectivity index (χ1n) is 8.83. The van der Waals surface area contributed by atoms with Crippen LogP contribution in [0.5, 0.6) is 11.5 Å². The number of rotatable bonds is 12. The Morgan fingerprint density at radius 3 is 2.52 bits per heavy atom. The molecule has 0 heterocycles. The molecule has 0 spiro atoms. The molecule has 0 amide bonds. The summed E-state index contributed by atoms with van der Waals surface area (Å²) in [5.41, 5.74) is 0.870. The van der Waals surface area contributed by atoms with Crippen molar-refractivity contribution in [1.29, 1.82) is 0 Å². The largest absolute Gasteiger partial charge is 0.490 e. The van der Waals surface area contributed by atoms with E-state index in [1.54, 1.807) is 26.1 Å². The van der Waals surface area contributed by atoms with Gasteiger partial charge >= 0.3 is 6.61 Å². The summed E-state index contributed by atoms with van der Waals surface area (Å²) in [5, 5.41) is 6.40. The van der Waals surface area contributed by atoms with Gasteiger partial charge in [-0.05, 0) is 44.4 Å². The van der Waals surface area contributed by atoms with Gasteiger partial charge in [-0.25, -0.2) is 0 Å². The zero-order chi connectivity index (χ0) is 19.2. The number of nitrogens with one attached hydrogen (secondary N) is 2. The van der Waals surface area contributed by atoms with Crippen molar-refractivity contribution in [2.45, 2.75) is 39.8 Å². The van der Waals surface area contributed by atoms with E-state index in [0.29, 0.717) is 24.9 Å². The predicted octanol–water partition coefficient (Wildman–Crippen LogP) is 3.79. The number of nitrogens with zero attached hydrogens (tertiary/aromatic N) is 1. The van der Waals surface area contributed by atoms with Gasteiger partial charge in [-0.2, -0.15) is 8.78 Å². The second kappa shape index (κ2) is 15.7. The molecule has 1 aromatic carbocycles. The van der Waals surface area contributed by atoms with E-state index in [-0.39, 0.29) is 29.7 Å². The van der Waals surface area contributed by atoms with Gasteiger partial charge in [-0.15, -0.1) is 24.0 Å². The second-order valence-corrected chi connectivity index (χ2v) is 5.35. The van der Waals surface area contributed by atoms with Crippen LogP contribution in [0.2, 0.25) is 0 Å². The highest BCUT2D eigenvalue weighted by atomic mass is 127. The smallest absolute Gasteiger partial charge is 0.387 e. The van der Waals surface area contributed by atoms with Crippen LogP contribution in [0.25, 0.3) is 0 Å². The van der Waals surface area contributed by atoms with Gasteiger partial charge in [-0.1, -0.05) is 6.07 Å². The highest BCUT2D eigenvalue weighted by molar-refractivity contribution is 14.0. The molecule has 0 atom stereocenters. The quantitative estimate of drug-likeness (QED) is 0.198. The lowest BCUT2D eigenvalue weighted by atomic mass is 10.2. The van der Waals surface area contributed by atoms with Crippen molar-refractivity contribution < 1.29 is 23.0 Å². The summed E-state index contributed by atoms with van der Waals surface area (Å²) in [5.74, 6) is 1.00. The number of alkyl halides is 2. The number of aliphatic imine (C=N–C) groups is 1. The number of halogens is 3. The minimum atomic E-state index is -2.89. The Bertz CT molecular complexity index is 549. The van der Waals surface area contributed by atoms with Crippen molar-refractivity contribution in [3.63, 3.8) is 0 Å². The van der Waals surface area contributed by atoms with Crippen LogP contribution in [0.3, 0.4) is 0 Å². The molecule has 2 N–H and O–H groups in total. The molecule has 0 radical (unpaired) electrons. The van der Waals surface area contributed by atoms with Crippen LogP contribution < -0.4 is 20.1 Å². The van der Waals surface area contributed by atoms with E-state index in [1.165, 1.54) is 6.07 Å². The average molecular weight is 501 g/mol. The molecule has 1 aromatic rings. The van der Waals surface area contributed by atoms with Gasteiger partial charge in [0.2, 0.25) is 0 Å². The van der Waals surface area contributed by atoms with E-state index >= 15 is 0 Å². The topological polar surface area (TPSA) is 64.1 Å². The van der Waals surface area contributed by atoms with Crippen LogP contribution in [0.4, 0.5) is 8.78 Å².